The zero-order chi connectivity index (χ0) is 21.6. The van der Waals surface area contributed by atoms with E-state index < -0.39 is 0 Å². The average Bonchev–Trinajstić information content (AvgIpc) is 3.38. The summed E-state index contributed by atoms with van der Waals surface area (Å²) in [6.07, 6.45) is 0.808. The number of hydrogen-bond acceptors (Lipinski definition) is 4. The van der Waals surface area contributed by atoms with Crippen LogP contribution >= 0.6 is 11.3 Å². The van der Waals surface area contributed by atoms with Crippen LogP contribution in [0.25, 0.3) is 21.7 Å². The van der Waals surface area contributed by atoms with E-state index in [9.17, 15) is 9.90 Å². The van der Waals surface area contributed by atoms with Crippen LogP contribution in [0.1, 0.15) is 42.4 Å². The van der Waals surface area contributed by atoms with Gasteiger partial charge in [-0.05, 0) is 62.4 Å². The number of hydrogen-bond donors (Lipinski definition) is 1. The maximum atomic E-state index is 13.4. The van der Waals surface area contributed by atoms with E-state index in [1.54, 1.807) is 23.3 Å². The fraction of sp³-hybridized carbons (Fsp3) is 0.375. The Morgan fingerprint density at radius 3 is 2.63 bits per heavy atom. The van der Waals surface area contributed by atoms with Crippen LogP contribution in [0.2, 0.25) is 0 Å². The third kappa shape index (κ3) is 3.34. The first-order valence-electron chi connectivity index (χ1n) is 10.1. The van der Waals surface area contributed by atoms with Gasteiger partial charge in [-0.25, -0.2) is 0 Å². The number of ether oxygens (including phenoxy) is 1. The molecular formula is C24H28N2O3S. The van der Waals surface area contributed by atoms with Gasteiger partial charge in [0.1, 0.15) is 11.4 Å². The van der Waals surface area contributed by atoms with E-state index >= 15 is 0 Å². The number of aliphatic hydroxyl groups is 1. The molecule has 3 heterocycles. The molecule has 2 aromatic heterocycles. The van der Waals surface area contributed by atoms with Crippen LogP contribution in [0, 0.1) is 0 Å². The minimum absolute atomic E-state index is 0.0194. The zero-order valence-electron chi connectivity index (χ0n) is 18.2. The number of rotatable bonds is 4. The quantitative estimate of drug-likeness (QED) is 0.654. The number of fused-ring (bicyclic) bond motifs is 3. The molecule has 3 aromatic rings. The zero-order valence-corrected chi connectivity index (χ0v) is 19.0. The van der Waals surface area contributed by atoms with Crippen molar-refractivity contribution in [3.63, 3.8) is 0 Å². The van der Waals surface area contributed by atoms with Crippen LogP contribution in [-0.4, -0.2) is 40.2 Å². The molecule has 0 fully saturated rings. The van der Waals surface area contributed by atoms with E-state index in [4.69, 9.17) is 4.74 Å². The first-order chi connectivity index (χ1) is 14.3. The van der Waals surface area contributed by atoms with Gasteiger partial charge in [0.2, 0.25) is 0 Å². The first kappa shape index (κ1) is 20.7. The van der Waals surface area contributed by atoms with Crippen molar-refractivity contribution in [3.05, 3.63) is 52.5 Å². The molecule has 1 aromatic carbocycles. The fourth-order valence-electron chi connectivity index (χ4n) is 3.98. The highest BCUT2D eigenvalue weighted by Gasteiger charge is 2.31. The maximum Gasteiger partial charge on any atom is 0.270 e. The number of carbonyl (C=O) groups excluding carboxylic acids is 1. The van der Waals surface area contributed by atoms with Crippen LogP contribution in [0.3, 0.4) is 0 Å². The monoisotopic (exact) mass is 424 g/mol. The number of amides is 1. The molecule has 0 aliphatic carbocycles. The Hall–Kier alpha value is -2.57. The number of nitrogens with zero attached hydrogens (tertiary/aromatic N) is 2. The molecule has 0 saturated heterocycles. The second kappa shape index (κ2) is 7.60. The minimum atomic E-state index is -0.269. The van der Waals surface area contributed by atoms with E-state index in [2.05, 4.69) is 16.0 Å². The molecular weight excluding hydrogens is 396 g/mol. The third-order valence-corrected chi connectivity index (χ3v) is 6.85. The van der Waals surface area contributed by atoms with E-state index in [1.165, 1.54) is 5.56 Å². The molecule has 30 heavy (non-hydrogen) atoms. The molecule has 5 nitrogen and oxygen atoms in total. The van der Waals surface area contributed by atoms with Crippen molar-refractivity contribution in [2.75, 3.05) is 14.2 Å². The molecule has 0 unspecified atom stereocenters. The molecule has 158 valence electrons. The van der Waals surface area contributed by atoms with Crippen LogP contribution < -0.4 is 4.74 Å². The highest BCUT2D eigenvalue weighted by molar-refractivity contribution is 7.13. The van der Waals surface area contributed by atoms with Crippen LogP contribution in [0.5, 0.6) is 5.75 Å². The second-order valence-electron chi connectivity index (χ2n) is 8.69. The van der Waals surface area contributed by atoms with Crippen molar-refractivity contribution >= 4 is 17.2 Å². The van der Waals surface area contributed by atoms with Gasteiger partial charge >= 0.3 is 0 Å². The van der Waals surface area contributed by atoms with Crippen molar-refractivity contribution in [3.8, 4) is 27.4 Å². The molecule has 1 N–H and O–H groups in total. The Kier molecular flexibility index (Phi) is 5.24. The Morgan fingerprint density at radius 2 is 2.03 bits per heavy atom. The topological polar surface area (TPSA) is 54.7 Å². The third-order valence-electron chi connectivity index (χ3n) is 5.95. The van der Waals surface area contributed by atoms with Crippen LogP contribution in [0.4, 0.5) is 0 Å². The molecule has 4 rings (SSSR count). The number of aliphatic hydroxyl groups excluding tert-OH is 1. The number of thiophene rings is 1. The number of aromatic nitrogens is 1. The summed E-state index contributed by atoms with van der Waals surface area (Å²) in [5, 5.41) is 11.9. The predicted octanol–water partition coefficient (Wildman–Crippen LogP) is 4.81. The predicted molar refractivity (Wildman–Crippen MR) is 121 cm³/mol. The van der Waals surface area contributed by atoms with Gasteiger partial charge in [-0.1, -0.05) is 6.07 Å². The summed E-state index contributed by atoms with van der Waals surface area (Å²) in [6, 6.07) is 10.2. The lowest BCUT2D eigenvalue weighted by Gasteiger charge is -2.32. The van der Waals surface area contributed by atoms with Crippen molar-refractivity contribution in [1.82, 2.24) is 9.47 Å². The Balaban J connectivity index is 1.95. The smallest absolute Gasteiger partial charge is 0.270 e. The van der Waals surface area contributed by atoms with Crippen molar-refractivity contribution < 1.29 is 14.6 Å². The Labute approximate surface area is 181 Å². The SMILES string of the molecule is COc1cc2c(cc1CO)-c1c(-c3cccs3)cc(C(=O)N(C)C(C)(C)C)n1CC2. The Bertz CT molecular complexity index is 1090. The maximum absolute atomic E-state index is 13.4. The lowest BCUT2D eigenvalue weighted by atomic mass is 9.93. The lowest BCUT2D eigenvalue weighted by Crippen LogP contribution is -2.43. The molecule has 0 saturated carbocycles. The summed E-state index contributed by atoms with van der Waals surface area (Å²) in [7, 11) is 3.49. The van der Waals surface area contributed by atoms with E-state index in [-0.39, 0.29) is 18.1 Å². The number of benzene rings is 1. The summed E-state index contributed by atoms with van der Waals surface area (Å²) in [5.74, 6) is 0.726. The number of carbonyl (C=O) groups is 1. The Morgan fingerprint density at radius 1 is 1.27 bits per heavy atom. The van der Waals surface area contributed by atoms with Crippen molar-refractivity contribution in [1.29, 1.82) is 0 Å². The molecule has 0 atom stereocenters. The summed E-state index contributed by atoms with van der Waals surface area (Å²) in [4.78, 5) is 16.4. The molecule has 0 radical (unpaired) electrons. The molecule has 0 bridgehead atoms. The summed E-state index contributed by atoms with van der Waals surface area (Å²) in [6.45, 7) is 6.76. The van der Waals surface area contributed by atoms with Gasteiger partial charge in [0.25, 0.3) is 5.91 Å². The molecule has 1 amide bonds. The van der Waals surface area contributed by atoms with Crippen molar-refractivity contribution in [2.45, 2.75) is 45.9 Å². The average molecular weight is 425 g/mol. The second-order valence-corrected chi connectivity index (χ2v) is 9.63. The molecule has 1 aliphatic heterocycles. The molecule has 0 spiro atoms. The normalized spacial score (nSPS) is 13.0. The van der Waals surface area contributed by atoms with Gasteiger partial charge in [-0.15, -0.1) is 11.3 Å². The number of aryl methyl sites for hydroxylation is 1. The van der Waals surface area contributed by atoms with E-state index in [0.717, 1.165) is 40.2 Å². The fourth-order valence-corrected chi connectivity index (χ4v) is 4.73. The van der Waals surface area contributed by atoms with Gasteiger partial charge in [0.15, 0.2) is 0 Å². The van der Waals surface area contributed by atoms with Crippen LogP contribution in [-0.2, 0) is 19.6 Å². The molecule has 6 heteroatoms. The summed E-state index contributed by atoms with van der Waals surface area (Å²) >= 11 is 1.67. The number of methoxy groups -OCH3 is 1. The van der Waals surface area contributed by atoms with Crippen molar-refractivity contribution in [2.24, 2.45) is 0 Å². The van der Waals surface area contributed by atoms with Gasteiger partial charge in [-0.3, -0.25) is 4.79 Å². The lowest BCUT2D eigenvalue weighted by molar-refractivity contribution is 0.0644. The minimum Gasteiger partial charge on any atom is -0.496 e. The van der Waals surface area contributed by atoms with E-state index in [0.29, 0.717) is 11.4 Å². The van der Waals surface area contributed by atoms with Gasteiger partial charge in [0.05, 0.1) is 19.4 Å². The molecule has 1 aliphatic rings. The van der Waals surface area contributed by atoms with E-state index in [1.807, 2.05) is 52.1 Å². The summed E-state index contributed by atoms with van der Waals surface area (Å²) in [5.41, 5.74) is 5.53. The van der Waals surface area contributed by atoms with Gasteiger partial charge < -0.3 is 19.3 Å². The van der Waals surface area contributed by atoms with Gasteiger partial charge in [0, 0.05) is 40.7 Å². The largest absolute Gasteiger partial charge is 0.496 e. The highest BCUT2D eigenvalue weighted by atomic mass is 32.1. The van der Waals surface area contributed by atoms with Gasteiger partial charge in [-0.2, -0.15) is 0 Å². The standard InChI is InChI=1S/C24H28N2O3S/c1-24(2,3)25(4)23(28)19-13-18(21-7-6-10-30-21)22-17-11-16(14-27)20(29-5)12-15(17)8-9-26(19)22/h6-7,10-13,27H,8-9,14H2,1-5H3. The summed E-state index contributed by atoms with van der Waals surface area (Å²) < 4.78 is 7.63. The highest BCUT2D eigenvalue weighted by Crippen LogP contribution is 2.43. The van der Waals surface area contributed by atoms with Crippen LogP contribution in [0.15, 0.2) is 35.7 Å². The first-order valence-corrected chi connectivity index (χ1v) is 11.0.